The fourth-order valence-corrected chi connectivity index (χ4v) is 2.20. The van der Waals surface area contributed by atoms with Crippen LogP contribution in [-0.2, 0) is 4.79 Å². The lowest BCUT2D eigenvalue weighted by Gasteiger charge is -2.05. The summed E-state index contributed by atoms with van der Waals surface area (Å²) in [4.78, 5) is 11.4. The molecular weight excluding hydrogens is 346 g/mol. The molecule has 0 fully saturated rings. The Morgan fingerprint density at radius 1 is 0.750 bits per heavy atom. The average Bonchev–Trinajstić information content (AvgIpc) is 2.68. The highest BCUT2D eigenvalue weighted by atomic mass is 16.3. The van der Waals surface area contributed by atoms with E-state index >= 15 is 0 Å². The van der Waals surface area contributed by atoms with Crippen LogP contribution in [0.25, 0.3) is 0 Å². The number of allylic oxidation sites excluding steroid dienone is 12. The van der Waals surface area contributed by atoms with Crippen molar-refractivity contribution in [1.29, 1.82) is 0 Å². The molecule has 0 aliphatic heterocycles. The van der Waals surface area contributed by atoms with E-state index in [0.717, 1.165) is 44.9 Å². The third-order valence-corrected chi connectivity index (χ3v) is 3.73. The first-order chi connectivity index (χ1) is 13.7. The fraction of sp³-hybridized carbons (Fsp3) is 0.480. The first kappa shape index (κ1) is 25.9. The van der Waals surface area contributed by atoms with Gasteiger partial charge in [0.05, 0.1) is 6.10 Å². The number of nitrogens with one attached hydrogen (secondary N) is 1. The summed E-state index contributed by atoms with van der Waals surface area (Å²) in [7, 11) is 0. The summed E-state index contributed by atoms with van der Waals surface area (Å²) < 4.78 is 0. The number of aliphatic hydroxyl groups is 1. The van der Waals surface area contributed by atoms with Gasteiger partial charge < -0.3 is 10.4 Å². The van der Waals surface area contributed by atoms with Gasteiger partial charge in [0.15, 0.2) is 0 Å². The van der Waals surface area contributed by atoms with Crippen molar-refractivity contribution in [2.45, 2.75) is 71.3 Å². The van der Waals surface area contributed by atoms with Gasteiger partial charge in [0.1, 0.15) is 0 Å². The van der Waals surface area contributed by atoms with E-state index in [1.54, 1.807) is 6.92 Å². The third-order valence-electron chi connectivity index (χ3n) is 3.73. The molecule has 1 amide bonds. The highest BCUT2D eigenvalue weighted by molar-refractivity contribution is 5.75. The maximum atomic E-state index is 11.4. The first-order valence-electron chi connectivity index (χ1n) is 10.5. The molecule has 156 valence electrons. The molecule has 0 aromatic heterocycles. The largest absolute Gasteiger partial charge is 0.392 e. The summed E-state index contributed by atoms with van der Waals surface area (Å²) >= 11 is 0. The zero-order chi connectivity index (χ0) is 20.7. The van der Waals surface area contributed by atoms with Crippen LogP contribution < -0.4 is 5.32 Å². The van der Waals surface area contributed by atoms with Gasteiger partial charge in [-0.3, -0.25) is 4.79 Å². The Bertz CT molecular complexity index is 537. The molecule has 0 aromatic carbocycles. The number of rotatable bonds is 16. The van der Waals surface area contributed by atoms with Gasteiger partial charge in [0.25, 0.3) is 0 Å². The molecule has 28 heavy (non-hydrogen) atoms. The molecule has 0 aromatic rings. The van der Waals surface area contributed by atoms with Crippen LogP contribution in [0.5, 0.6) is 0 Å². The standard InChI is InChI=1S/C25H39NO2/c1-3-4-5-6-7-8-9-10-11-12-13-14-15-16-17-18-19-20-21-22-25(28)26-23-24(2)27/h4-5,7-8,10-11,13-14,16-17,19-20,24,27H,3,6,9,12,15,18,21-23H2,1-2H3,(H,26,28)/b5-4-,8-7-,11-10-,14-13+,17-16-,20-19-/t24-/m0/s1. The number of carbonyl (C=O) groups excluding carboxylic acids is 1. The molecular formula is C25H39NO2. The minimum Gasteiger partial charge on any atom is -0.392 e. The van der Waals surface area contributed by atoms with E-state index in [1.165, 1.54) is 0 Å². The predicted octanol–water partition coefficient (Wildman–Crippen LogP) is 5.96. The Hall–Kier alpha value is -2.13. The Morgan fingerprint density at radius 3 is 1.54 bits per heavy atom. The maximum Gasteiger partial charge on any atom is 0.220 e. The topological polar surface area (TPSA) is 49.3 Å². The van der Waals surface area contributed by atoms with Crippen LogP contribution in [-0.4, -0.2) is 23.7 Å². The third kappa shape index (κ3) is 21.9. The van der Waals surface area contributed by atoms with Crippen LogP contribution in [0.1, 0.15) is 65.2 Å². The molecule has 0 rings (SSSR count). The van der Waals surface area contributed by atoms with E-state index in [4.69, 9.17) is 5.11 Å². The van der Waals surface area contributed by atoms with Gasteiger partial charge in [0.2, 0.25) is 5.91 Å². The van der Waals surface area contributed by atoms with Crippen LogP contribution in [0.15, 0.2) is 72.9 Å². The van der Waals surface area contributed by atoms with Crippen LogP contribution in [0, 0.1) is 0 Å². The number of aliphatic hydroxyl groups excluding tert-OH is 1. The van der Waals surface area contributed by atoms with Crippen molar-refractivity contribution in [3.05, 3.63) is 72.9 Å². The molecule has 0 spiro atoms. The smallest absolute Gasteiger partial charge is 0.220 e. The second-order valence-electron chi connectivity index (χ2n) is 6.61. The average molecular weight is 386 g/mol. The molecule has 0 radical (unpaired) electrons. The zero-order valence-corrected chi connectivity index (χ0v) is 17.7. The maximum absolute atomic E-state index is 11.4. The van der Waals surface area contributed by atoms with Gasteiger partial charge in [-0.05, 0) is 51.9 Å². The van der Waals surface area contributed by atoms with Gasteiger partial charge >= 0.3 is 0 Å². The van der Waals surface area contributed by atoms with Crippen molar-refractivity contribution >= 4 is 5.91 Å². The molecule has 0 aliphatic carbocycles. The van der Waals surface area contributed by atoms with E-state index in [0.29, 0.717) is 13.0 Å². The monoisotopic (exact) mass is 385 g/mol. The van der Waals surface area contributed by atoms with Gasteiger partial charge in [-0.25, -0.2) is 0 Å². The Labute approximate surface area is 172 Å². The second-order valence-corrected chi connectivity index (χ2v) is 6.61. The lowest BCUT2D eigenvalue weighted by molar-refractivity contribution is -0.121. The Balaban J connectivity index is 3.57. The van der Waals surface area contributed by atoms with Crippen molar-refractivity contribution in [3.63, 3.8) is 0 Å². The molecule has 0 unspecified atom stereocenters. The van der Waals surface area contributed by atoms with Crippen LogP contribution in [0.2, 0.25) is 0 Å². The van der Waals surface area contributed by atoms with Crippen molar-refractivity contribution in [1.82, 2.24) is 5.32 Å². The lowest BCUT2D eigenvalue weighted by atomic mass is 10.2. The molecule has 0 saturated carbocycles. The van der Waals surface area contributed by atoms with Crippen molar-refractivity contribution < 1.29 is 9.90 Å². The quantitative estimate of drug-likeness (QED) is 0.322. The van der Waals surface area contributed by atoms with Crippen molar-refractivity contribution in [2.75, 3.05) is 6.54 Å². The minimum atomic E-state index is -0.491. The van der Waals surface area contributed by atoms with Gasteiger partial charge in [-0.1, -0.05) is 79.8 Å². The molecule has 0 aliphatic rings. The summed E-state index contributed by atoms with van der Waals surface area (Å²) in [5.74, 6) is -0.0135. The Kier molecular flexibility index (Phi) is 19.6. The second kappa shape index (κ2) is 21.2. The van der Waals surface area contributed by atoms with Gasteiger partial charge in [0, 0.05) is 13.0 Å². The zero-order valence-electron chi connectivity index (χ0n) is 17.7. The SMILES string of the molecule is CC/C=C\C/C=C\C/C=C\C/C=C/C/C=C\C/C=C\CCC(=O)NC[C@H](C)O. The van der Waals surface area contributed by atoms with Crippen LogP contribution in [0.4, 0.5) is 0 Å². The highest BCUT2D eigenvalue weighted by Gasteiger charge is 2.00. The van der Waals surface area contributed by atoms with E-state index in [1.807, 2.05) is 6.08 Å². The van der Waals surface area contributed by atoms with Crippen molar-refractivity contribution in [2.24, 2.45) is 0 Å². The summed E-state index contributed by atoms with van der Waals surface area (Å²) in [5, 5.41) is 11.8. The summed E-state index contributed by atoms with van der Waals surface area (Å²) in [6.07, 6.45) is 32.7. The number of carbonyl (C=O) groups is 1. The van der Waals surface area contributed by atoms with E-state index in [-0.39, 0.29) is 5.91 Å². The normalized spacial score (nSPS) is 14.0. The predicted molar refractivity (Wildman–Crippen MR) is 122 cm³/mol. The van der Waals surface area contributed by atoms with Crippen LogP contribution in [0.3, 0.4) is 0 Å². The number of hydrogen-bond acceptors (Lipinski definition) is 2. The molecule has 0 heterocycles. The van der Waals surface area contributed by atoms with Gasteiger partial charge in [-0.2, -0.15) is 0 Å². The summed E-state index contributed by atoms with van der Waals surface area (Å²) in [5.41, 5.74) is 0. The fourth-order valence-electron chi connectivity index (χ4n) is 2.20. The molecule has 2 N–H and O–H groups in total. The molecule has 1 atom stereocenters. The van der Waals surface area contributed by atoms with E-state index in [9.17, 15) is 4.79 Å². The molecule has 3 nitrogen and oxygen atoms in total. The minimum absolute atomic E-state index is 0.0135. The number of hydrogen-bond donors (Lipinski definition) is 2. The highest BCUT2D eigenvalue weighted by Crippen LogP contribution is 1.97. The number of amides is 1. The summed E-state index contributed by atoms with van der Waals surface area (Å²) in [6.45, 7) is 4.13. The molecule has 3 heteroatoms. The van der Waals surface area contributed by atoms with Gasteiger partial charge in [-0.15, -0.1) is 0 Å². The molecule has 0 saturated heterocycles. The molecule has 0 bridgehead atoms. The lowest BCUT2D eigenvalue weighted by Crippen LogP contribution is -2.30. The van der Waals surface area contributed by atoms with E-state index in [2.05, 4.69) is 79.1 Å². The Morgan fingerprint density at radius 2 is 1.14 bits per heavy atom. The van der Waals surface area contributed by atoms with E-state index < -0.39 is 6.10 Å². The van der Waals surface area contributed by atoms with Crippen LogP contribution >= 0.6 is 0 Å². The summed E-state index contributed by atoms with van der Waals surface area (Å²) in [6, 6.07) is 0. The van der Waals surface area contributed by atoms with Crippen molar-refractivity contribution in [3.8, 4) is 0 Å². The first-order valence-corrected chi connectivity index (χ1v) is 10.5.